The monoisotopic (exact) mass is 415 g/mol. The van der Waals surface area contributed by atoms with Crippen molar-refractivity contribution in [2.45, 2.75) is 32.9 Å². The largest absolute Gasteiger partial charge is 0.451 e. The number of amides is 1. The van der Waals surface area contributed by atoms with E-state index in [0.29, 0.717) is 17.6 Å². The minimum Gasteiger partial charge on any atom is -0.451 e. The minimum atomic E-state index is -3.20. The fourth-order valence-electron chi connectivity index (χ4n) is 3.89. The maximum Gasteiger partial charge on any atom is 0.290 e. The molecule has 7 heteroatoms. The fourth-order valence-corrected chi connectivity index (χ4v) is 5.62. The van der Waals surface area contributed by atoms with Gasteiger partial charge in [0.05, 0.1) is 11.5 Å². The van der Waals surface area contributed by atoms with Crippen LogP contribution in [-0.2, 0) is 16.4 Å². The molecule has 4 rings (SSSR count). The molecule has 0 N–H and O–H groups in total. The van der Waals surface area contributed by atoms with Gasteiger partial charge in [-0.2, -0.15) is 0 Å². The zero-order chi connectivity index (χ0) is 20.8. The summed E-state index contributed by atoms with van der Waals surface area (Å²) >= 11 is 0. The first kappa shape index (κ1) is 19.6. The number of nitrogens with zero attached hydrogens (tertiary/aromatic N) is 1. The number of benzene rings is 2. The second-order valence-electron chi connectivity index (χ2n) is 7.68. The third-order valence-corrected chi connectivity index (χ3v) is 7.19. The molecule has 29 heavy (non-hydrogen) atoms. The number of carbonyl (C=O) groups is 1. The highest BCUT2D eigenvalue weighted by molar-refractivity contribution is 7.91. The summed E-state index contributed by atoms with van der Waals surface area (Å²) in [7, 11) is -3.20. The normalized spacial score (nSPS) is 18.2. The molecule has 152 valence electrons. The van der Waals surface area contributed by atoms with Gasteiger partial charge in [0, 0.05) is 23.5 Å². The second-order valence-corrected chi connectivity index (χ2v) is 9.90. The van der Waals surface area contributed by atoms with Gasteiger partial charge in [0.1, 0.15) is 11.4 Å². The zero-order valence-electron chi connectivity index (χ0n) is 16.3. The van der Waals surface area contributed by atoms with E-state index in [0.717, 1.165) is 16.5 Å². The van der Waals surface area contributed by atoms with Gasteiger partial charge in [-0.15, -0.1) is 0 Å². The Morgan fingerprint density at radius 3 is 2.69 bits per heavy atom. The van der Waals surface area contributed by atoms with Crippen LogP contribution in [0.3, 0.4) is 0 Å². The SMILES string of the molecule is Cc1ccc2oc(C(=O)N(Cc3cccc(F)c3)C3CCS(=O)(=O)C3)c(C)c2c1. The lowest BCUT2D eigenvalue weighted by Gasteiger charge is -2.28. The highest BCUT2D eigenvalue weighted by atomic mass is 32.2. The van der Waals surface area contributed by atoms with Crippen molar-refractivity contribution >= 4 is 26.7 Å². The third kappa shape index (κ3) is 3.92. The molecule has 2 heterocycles. The Balaban J connectivity index is 1.74. The molecule has 1 saturated heterocycles. The highest BCUT2D eigenvalue weighted by Gasteiger charge is 2.36. The van der Waals surface area contributed by atoms with E-state index in [9.17, 15) is 17.6 Å². The van der Waals surface area contributed by atoms with Gasteiger partial charge in [0.25, 0.3) is 5.91 Å². The Bertz CT molecular complexity index is 1200. The van der Waals surface area contributed by atoms with Gasteiger partial charge in [-0.05, 0) is 50.1 Å². The third-order valence-electron chi connectivity index (χ3n) is 5.44. The van der Waals surface area contributed by atoms with E-state index in [1.54, 1.807) is 12.1 Å². The molecule has 3 aromatic rings. The van der Waals surface area contributed by atoms with Gasteiger partial charge in [-0.3, -0.25) is 4.79 Å². The predicted octanol–water partition coefficient (Wildman–Crippen LogP) is 4.02. The van der Waals surface area contributed by atoms with Gasteiger partial charge in [0.2, 0.25) is 0 Å². The van der Waals surface area contributed by atoms with Crippen molar-refractivity contribution in [2.24, 2.45) is 0 Å². The lowest BCUT2D eigenvalue weighted by Crippen LogP contribution is -2.40. The number of furan rings is 1. The van der Waals surface area contributed by atoms with Crippen LogP contribution < -0.4 is 0 Å². The number of halogens is 1. The number of rotatable bonds is 4. The number of hydrogen-bond acceptors (Lipinski definition) is 4. The molecule has 2 aromatic carbocycles. The Kier molecular flexibility index (Phi) is 4.94. The lowest BCUT2D eigenvalue weighted by molar-refractivity contribution is 0.0649. The molecule has 0 bridgehead atoms. The van der Waals surface area contributed by atoms with Crippen molar-refractivity contribution in [3.63, 3.8) is 0 Å². The molecule has 0 spiro atoms. The van der Waals surface area contributed by atoms with Crippen molar-refractivity contribution in [1.29, 1.82) is 0 Å². The molecule has 1 fully saturated rings. The molecule has 0 saturated carbocycles. The van der Waals surface area contributed by atoms with E-state index in [1.165, 1.54) is 17.0 Å². The molecule has 0 radical (unpaired) electrons. The summed E-state index contributed by atoms with van der Waals surface area (Å²) < 4.78 is 43.6. The first-order valence-electron chi connectivity index (χ1n) is 9.49. The van der Waals surface area contributed by atoms with Crippen molar-refractivity contribution in [1.82, 2.24) is 4.90 Å². The van der Waals surface area contributed by atoms with Crippen LogP contribution in [0.5, 0.6) is 0 Å². The van der Waals surface area contributed by atoms with Crippen molar-refractivity contribution < 1.29 is 22.0 Å². The Hall–Kier alpha value is -2.67. The first-order valence-corrected chi connectivity index (χ1v) is 11.3. The number of sulfone groups is 1. The van der Waals surface area contributed by atoms with Gasteiger partial charge in [-0.1, -0.05) is 23.8 Å². The summed E-state index contributed by atoms with van der Waals surface area (Å²) in [6.07, 6.45) is 0.363. The number of fused-ring (bicyclic) bond motifs is 1. The summed E-state index contributed by atoms with van der Waals surface area (Å²) in [4.78, 5) is 15.0. The quantitative estimate of drug-likeness (QED) is 0.646. The Labute approximate surface area is 169 Å². The van der Waals surface area contributed by atoms with Gasteiger partial charge >= 0.3 is 0 Å². The molecule has 1 amide bonds. The van der Waals surface area contributed by atoms with Crippen LogP contribution in [0.4, 0.5) is 4.39 Å². The lowest BCUT2D eigenvalue weighted by atomic mass is 10.1. The van der Waals surface area contributed by atoms with Gasteiger partial charge < -0.3 is 9.32 Å². The van der Waals surface area contributed by atoms with Gasteiger partial charge in [-0.25, -0.2) is 12.8 Å². The summed E-state index contributed by atoms with van der Waals surface area (Å²) in [6.45, 7) is 3.91. The molecule has 1 aliphatic heterocycles. The van der Waals surface area contributed by atoms with Crippen molar-refractivity contribution in [3.05, 3.63) is 70.7 Å². The van der Waals surface area contributed by atoms with Gasteiger partial charge in [0.15, 0.2) is 15.6 Å². The average molecular weight is 415 g/mol. The number of aryl methyl sites for hydroxylation is 2. The predicted molar refractivity (Wildman–Crippen MR) is 109 cm³/mol. The van der Waals surface area contributed by atoms with Crippen LogP contribution in [0.1, 0.15) is 33.7 Å². The summed E-state index contributed by atoms with van der Waals surface area (Å²) in [5.74, 6) is -0.617. The van der Waals surface area contributed by atoms with E-state index >= 15 is 0 Å². The van der Waals surface area contributed by atoms with Crippen LogP contribution in [0.15, 0.2) is 46.9 Å². The molecule has 1 unspecified atom stereocenters. The van der Waals surface area contributed by atoms with E-state index in [2.05, 4.69) is 0 Å². The Morgan fingerprint density at radius 1 is 1.21 bits per heavy atom. The molecule has 5 nitrogen and oxygen atoms in total. The summed E-state index contributed by atoms with van der Waals surface area (Å²) in [6, 6.07) is 11.2. The molecule has 1 atom stereocenters. The topological polar surface area (TPSA) is 67.6 Å². The second kappa shape index (κ2) is 7.30. The van der Waals surface area contributed by atoms with Crippen molar-refractivity contribution in [3.8, 4) is 0 Å². The summed E-state index contributed by atoms with van der Waals surface area (Å²) in [5.41, 5.74) is 2.99. The van der Waals surface area contributed by atoms with E-state index in [-0.39, 0.29) is 29.7 Å². The molecule has 1 aliphatic rings. The maximum atomic E-state index is 13.7. The summed E-state index contributed by atoms with van der Waals surface area (Å²) in [5, 5.41) is 0.859. The van der Waals surface area contributed by atoms with E-state index < -0.39 is 21.7 Å². The first-order chi connectivity index (χ1) is 13.7. The maximum absolute atomic E-state index is 13.7. The number of carbonyl (C=O) groups excluding carboxylic acids is 1. The van der Waals surface area contributed by atoms with Crippen molar-refractivity contribution in [2.75, 3.05) is 11.5 Å². The van der Waals surface area contributed by atoms with Crippen LogP contribution in [0, 0.1) is 19.7 Å². The minimum absolute atomic E-state index is 0.0445. The Morgan fingerprint density at radius 2 is 2.00 bits per heavy atom. The smallest absolute Gasteiger partial charge is 0.290 e. The van der Waals surface area contributed by atoms with E-state index in [1.807, 2.05) is 32.0 Å². The van der Waals surface area contributed by atoms with Crippen LogP contribution in [0.25, 0.3) is 11.0 Å². The molecule has 1 aromatic heterocycles. The molecular formula is C22H22FNO4S. The van der Waals surface area contributed by atoms with Crippen LogP contribution >= 0.6 is 0 Å². The van der Waals surface area contributed by atoms with Crippen LogP contribution in [0.2, 0.25) is 0 Å². The highest BCUT2D eigenvalue weighted by Crippen LogP contribution is 2.29. The zero-order valence-corrected chi connectivity index (χ0v) is 17.1. The molecule has 0 aliphatic carbocycles. The molecular weight excluding hydrogens is 393 g/mol. The van der Waals surface area contributed by atoms with E-state index in [4.69, 9.17) is 4.42 Å². The van der Waals surface area contributed by atoms with Crippen LogP contribution in [-0.4, -0.2) is 36.8 Å². The number of hydrogen-bond donors (Lipinski definition) is 0. The fraction of sp³-hybridized carbons (Fsp3) is 0.318. The average Bonchev–Trinajstić information content (AvgIpc) is 3.19. The standard InChI is InChI=1S/C22H22FNO4S/c1-14-6-7-20-19(10-14)15(2)21(28-20)22(25)24(18-8-9-29(26,27)13-18)12-16-4-3-5-17(23)11-16/h3-7,10-11,18H,8-9,12-13H2,1-2H3.